The Hall–Kier alpha value is 0.170. The van der Waals surface area contributed by atoms with Crippen molar-refractivity contribution in [1.29, 1.82) is 0 Å². The summed E-state index contributed by atoms with van der Waals surface area (Å²) in [4.78, 5) is 10.4. The van der Waals surface area contributed by atoms with E-state index in [1.54, 1.807) is 0 Å². The molecule has 1 aliphatic rings. The minimum atomic E-state index is -0.710. The van der Waals surface area contributed by atoms with Crippen LogP contribution in [-0.2, 0) is 9.53 Å². The van der Waals surface area contributed by atoms with Gasteiger partial charge in [0.1, 0.15) is 6.10 Å². The summed E-state index contributed by atoms with van der Waals surface area (Å²) in [6, 6.07) is 0. The van der Waals surface area contributed by atoms with Gasteiger partial charge in [0.25, 0.3) is 0 Å². The molecule has 2 unspecified atom stereocenters. The molecular weight excluding hydrogens is 311 g/mol. The van der Waals surface area contributed by atoms with Gasteiger partial charge in [-0.05, 0) is 25.7 Å². The van der Waals surface area contributed by atoms with Gasteiger partial charge in [-0.3, -0.25) is 4.79 Å². The maximum absolute atomic E-state index is 10.4. The molecule has 3 nitrogen and oxygen atoms in total. The van der Waals surface area contributed by atoms with E-state index in [2.05, 4.69) is 19.1 Å². The Morgan fingerprint density at radius 3 is 2.17 bits per heavy atom. The summed E-state index contributed by atoms with van der Waals surface area (Å²) in [7, 11) is 0. The van der Waals surface area contributed by atoms with E-state index < -0.39 is 5.97 Å². The van der Waals surface area contributed by atoms with Crippen molar-refractivity contribution in [3.05, 3.63) is 12.2 Å². The number of carboxylic acids is 1. The maximum Gasteiger partial charge on any atom is 1.00 e. The van der Waals surface area contributed by atoms with E-state index in [4.69, 9.17) is 9.84 Å². The second-order valence-corrected chi connectivity index (χ2v) is 6.82. The third kappa shape index (κ3) is 14.5. The van der Waals surface area contributed by atoms with E-state index in [1.165, 1.54) is 64.2 Å². The van der Waals surface area contributed by atoms with Crippen LogP contribution in [0.15, 0.2) is 12.2 Å². The zero-order valence-electron chi connectivity index (χ0n) is 17.0. The second kappa shape index (κ2) is 16.6. The molecule has 1 heterocycles. The van der Waals surface area contributed by atoms with Crippen LogP contribution in [0.4, 0.5) is 0 Å². The van der Waals surface area contributed by atoms with Crippen LogP contribution in [0.1, 0.15) is 98.2 Å². The predicted molar refractivity (Wildman–Crippen MR) is 96.9 cm³/mol. The molecule has 1 aliphatic heterocycles. The van der Waals surface area contributed by atoms with Gasteiger partial charge in [0, 0.05) is 6.42 Å². The van der Waals surface area contributed by atoms with Crippen LogP contribution in [-0.4, -0.2) is 23.3 Å². The Labute approximate surface area is 172 Å². The Kier molecular flexibility index (Phi) is 16.7. The average Bonchev–Trinajstić information content (AvgIpc) is 3.26. The SMILES string of the molecule is CCCCCCCCCCCC/C=C/C1OC1CCCC(=O)O.[H-].[Na+]. The van der Waals surface area contributed by atoms with E-state index in [0.717, 1.165) is 19.3 Å². The molecule has 0 aromatic carbocycles. The summed E-state index contributed by atoms with van der Waals surface area (Å²) in [6.45, 7) is 2.27. The van der Waals surface area contributed by atoms with Crippen molar-refractivity contribution in [2.75, 3.05) is 0 Å². The summed E-state index contributed by atoms with van der Waals surface area (Å²) in [5, 5.41) is 8.58. The van der Waals surface area contributed by atoms with E-state index in [-0.39, 0.29) is 49.6 Å². The Morgan fingerprint density at radius 2 is 1.58 bits per heavy atom. The molecule has 1 rings (SSSR count). The van der Waals surface area contributed by atoms with Gasteiger partial charge in [-0.2, -0.15) is 0 Å². The van der Waals surface area contributed by atoms with Crippen LogP contribution in [0.3, 0.4) is 0 Å². The quantitative estimate of drug-likeness (QED) is 0.202. The standard InChI is InChI=1S/C20H36O3.Na.H/c1-2-3-4-5-6-7-8-9-10-11-12-13-15-18-19(23-18)16-14-17-20(21)22;;/h13,15,18-19H,2-12,14,16-17H2,1H3,(H,21,22);;/q;+1;-1/b15-13+;;. The Bertz CT molecular complexity index is 337. The molecule has 0 bridgehead atoms. The van der Waals surface area contributed by atoms with Gasteiger partial charge in [-0.1, -0.05) is 76.9 Å². The van der Waals surface area contributed by atoms with Gasteiger partial charge in [0.15, 0.2) is 0 Å². The Morgan fingerprint density at radius 1 is 1.00 bits per heavy atom. The molecule has 24 heavy (non-hydrogen) atoms. The molecule has 1 saturated heterocycles. The van der Waals surface area contributed by atoms with Gasteiger partial charge in [-0.25, -0.2) is 0 Å². The number of hydrogen-bond donors (Lipinski definition) is 1. The number of hydrogen-bond acceptors (Lipinski definition) is 2. The smallest absolute Gasteiger partial charge is 1.00 e. The van der Waals surface area contributed by atoms with Crippen molar-refractivity contribution < 1.29 is 45.6 Å². The molecule has 0 saturated carbocycles. The first kappa shape index (κ1) is 24.2. The van der Waals surface area contributed by atoms with Crippen molar-refractivity contribution in [3.8, 4) is 0 Å². The topological polar surface area (TPSA) is 49.8 Å². The molecular formula is C20H37NaO3. The van der Waals surface area contributed by atoms with Crippen molar-refractivity contribution in [2.45, 2.75) is 109 Å². The summed E-state index contributed by atoms with van der Waals surface area (Å²) in [6.07, 6.45) is 21.7. The van der Waals surface area contributed by atoms with Crippen LogP contribution in [0.5, 0.6) is 0 Å². The van der Waals surface area contributed by atoms with E-state index >= 15 is 0 Å². The molecule has 0 spiro atoms. The number of carbonyl (C=O) groups is 1. The first-order chi connectivity index (χ1) is 11.2. The minimum absolute atomic E-state index is 0. The molecule has 4 heteroatoms. The van der Waals surface area contributed by atoms with E-state index in [0.29, 0.717) is 0 Å². The van der Waals surface area contributed by atoms with Crippen LogP contribution in [0.25, 0.3) is 0 Å². The zero-order chi connectivity index (χ0) is 16.8. The zero-order valence-corrected chi connectivity index (χ0v) is 18.0. The minimum Gasteiger partial charge on any atom is -1.00 e. The molecule has 0 aromatic heterocycles. The number of carboxylic acid groups (broad SMARTS) is 1. The summed E-state index contributed by atoms with van der Waals surface area (Å²) in [5.41, 5.74) is 0. The van der Waals surface area contributed by atoms with Gasteiger partial charge < -0.3 is 11.3 Å². The molecule has 0 aliphatic carbocycles. The molecule has 0 radical (unpaired) electrons. The molecule has 0 aromatic rings. The van der Waals surface area contributed by atoms with E-state index in [1.807, 2.05) is 0 Å². The molecule has 0 amide bonds. The van der Waals surface area contributed by atoms with Crippen LogP contribution in [0, 0.1) is 0 Å². The average molecular weight is 349 g/mol. The van der Waals surface area contributed by atoms with Crippen molar-refractivity contribution in [3.63, 3.8) is 0 Å². The second-order valence-electron chi connectivity index (χ2n) is 6.82. The maximum atomic E-state index is 10.4. The Balaban J connectivity index is 0. The number of rotatable bonds is 16. The number of ether oxygens (including phenoxy) is 1. The normalized spacial score (nSPS) is 19.4. The summed E-state index contributed by atoms with van der Waals surface area (Å²) in [5.74, 6) is -0.710. The van der Waals surface area contributed by atoms with Gasteiger partial charge in [0.05, 0.1) is 6.10 Å². The summed E-state index contributed by atoms with van der Waals surface area (Å²) < 4.78 is 5.52. The molecule has 1 fully saturated rings. The van der Waals surface area contributed by atoms with Crippen LogP contribution < -0.4 is 29.6 Å². The molecule has 2 atom stereocenters. The van der Waals surface area contributed by atoms with Crippen LogP contribution in [0.2, 0.25) is 0 Å². The van der Waals surface area contributed by atoms with Gasteiger partial charge in [-0.15, -0.1) is 0 Å². The number of allylic oxidation sites excluding steroid dienone is 1. The van der Waals surface area contributed by atoms with Crippen molar-refractivity contribution >= 4 is 5.97 Å². The largest absolute Gasteiger partial charge is 1.00 e. The number of unbranched alkanes of at least 4 members (excludes halogenated alkanes) is 10. The fraction of sp³-hybridized carbons (Fsp3) is 0.850. The van der Waals surface area contributed by atoms with Crippen molar-refractivity contribution in [2.24, 2.45) is 0 Å². The number of epoxide rings is 1. The van der Waals surface area contributed by atoms with Crippen LogP contribution >= 0.6 is 0 Å². The third-order valence-corrected chi connectivity index (χ3v) is 4.55. The third-order valence-electron chi connectivity index (χ3n) is 4.55. The monoisotopic (exact) mass is 348 g/mol. The fourth-order valence-electron chi connectivity index (χ4n) is 2.99. The summed E-state index contributed by atoms with van der Waals surface area (Å²) >= 11 is 0. The molecule has 1 N–H and O–H groups in total. The van der Waals surface area contributed by atoms with Gasteiger partial charge >= 0.3 is 35.5 Å². The first-order valence-corrected chi connectivity index (χ1v) is 9.78. The van der Waals surface area contributed by atoms with Gasteiger partial charge in [0.2, 0.25) is 0 Å². The first-order valence-electron chi connectivity index (χ1n) is 9.78. The van der Waals surface area contributed by atoms with E-state index in [9.17, 15) is 4.79 Å². The predicted octanol–water partition coefficient (Wildman–Crippen LogP) is 2.99. The number of aliphatic carboxylic acids is 1. The van der Waals surface area contributed by atoms with Crippen molar-refractivity contribution in [1.82, 2.24) is 0 Å². The molecule has 136 valence electrons. The fourth-order valence-corrected chi connectivity index (χ4v) is 2.99.